The summed E-state index contributed by atoms with van der Waals surface area (Å²) in [6, 6.07) is 10.8. The van der Waals surface area contributed by atoms with Crippen LogP contribution in [0.4, 0.5) is 14.9 Å². The van der Waals surface area contributed by atoms with E-state index in [1.165, 1.54) is 29.0 Å². The van der Waals surface area contributed by atoms with Crippen molar-refractivity contribution in [2.45, 2.75) is 31.9 Å². The number of hydrazine groups is 1. The maximum absolute atomic E-state index is 15.1. The van der Waals surface area contributed by atoms with Crippen molar-refractivity contribution in [3.8, 4) is 11.1 Å². The first kappa shape index (κ1) is 23.5. The topological polar surface area (TPSA) is 135 Å². The van der Waals surface area contributed by atoms with E-state index < -0.39 is 18.0 Å². The molecule has 2 aromatic carbocycles. The van der Waals surface area contributed by atoms with Gasteiger partial charge < -0.3 is 26.5 Å². The van der Waals surface area contributed by atoms with Gasteiger partial charge in [-0.3, -0.25) is 15.5 Å². The molecule has 7 N–H and O–H groups in total. The lowest BCUT2D eigenvalue weighted by atomic mass is 9.99. The second kappa shape index (κ2) is 10.1. The predicted molar refractivity (Wildman–Crippen MR) is 127 cm³/mol. The first-order valence-corrected chi connectivity index (χ1v) is 11.1. The molecule has 1 fully saturated rings. The molecule has 2 aliphatic rings. The van der Waals surface area contributed by atoms with Crippen molar-refractivity contribution >= 4 is 17.7 Å². The third-order valence-electron chi connectivity index (χ3n) is 6.07. The number of hydrogen-bond acceptors (Lipinski definition) is 7. The van der Waals surface area contributed by atoms with E-state index in [4.69, 9.17) is 16.3 Å². The fourth-order valence-corrected chi connectivity index (χ4v) is 4.40. The Bertz CT molecular complexity index is 1120. The summed E-state index contributed by atoms with van der Waals surface area (Å²) in [5, 5.41) is 6.05. The molecule has 0 radical (unpaired) electrons. The summed E-state index contributed by atoms with van der Waals surface area (Å²) in [4.78, 5) is 24.7. The summed E-state index contributed by atoms with van der Waals surface area (Å²) in [6.45, 7) is 2.37. The van der Waals surface area contributed by atoms with Gasteiger partial charge in [0.15, 0.2) is 0 Å². The molecule has 1 aliphatic heterocycles. The largest absolute Gasteiger partial charge is 0.442 e. The van der Waals surface area contributed by atoms with Crippen molar-refractivity contribution in [3.05, 3.63) is 65.2 Å². The Morgan fingerprint density at radius 2 is 2.12 bits per heavy atom. The van der Waals surface area contributed by atoms with Crippen molar-refractivity contribution in [2.75, 3.05) is 24.5 Å². The Labute approximate surface area is 197 Å². The van der Waals surface area contributed by atoms with E-state index in [0.717, 1.165) is 18.4 Å². The van der Waals surface area contributed by atoms with Crippen LogP contribution in [0.2, 0.25) is 0 Å². The number of nitrogens with zero attached hydrogens (tertiary/aromatic N) is 1. The second-order valence-corrected chi connectivity index (χ2v) is 8.49. The lowest BCUT2D eigenvalue weighted by Gasteiger charge is -2.16. The molecule has 34 heavy (non-hydrogen) atoms. The quantitative estimate of drug-likeness (QED) is 0.294. The van der Waals surface area contributed by atoms with Gasteiger partial charge in [0.2, 0.25) is 5.91 Å². The Kier molecular flexibility index (Phi) is 6.99. The van der Waals surface area contributed by atoms with Gasteiger partial charge in [-0.05, 0) is 47.7 Å². The number of hydrogen-bond donors (Lipinski definition) is 5. The number of rotatable bonds is 8. The predicted octanol–water partition coefficient (Wildman–Crippen LogP) is 1.79. The van der Waals surface area contributed by atoms with Gasteiger partial charge in [-0.25, -0.2) is 9.18 Å². The number of aryl methyl sites for hydroxylation is 1. The number of halogens is 1. The first-order chi connectivity index (χ1) is 16.4. The molecule has 0 saturated carbocycles. The minimum atomic E-state index is -0.559. The highest BCUT2D eigenvalue weighted by molar-refractivity contribution is 5.90. The Morgan fingerprint density at radius 3 is 2.85 bits per heavy atom. The molecule has 10 heteroatoms. The number of amides is 2. The van der Waals surface area contributed by atoms with E-state index in [9.17, 15) is 9.59 Å². The zero-order valence-corrected chi connectivity index (χ0v) is 18.9. The molecular weight excluding hydrogens is 439 g/mol. The number of anilines is 1. The lowest BCUT2D eigenvalue weighted by molar-refractivity contribution is -0.119. The summed E-state index contributed by atoms with van der Waals surface area (Å²) in [5.41, 5.74) is 12.9. The van der Waals surface area contributed by atoms with Crippen LogP contribution in [0.1, 0.15) is 30.5 Å². The maximum Gasteiger partial charge on any atom is 0.414 e. The van der Waals surface area contributed by atoms with Crippen LogP contribution in [0.25, 0.3) is 11.1 Å². The van der Waals surface area contributed by atoms with Crippen molar-refractivity contribution in [3.63, 3.8) is 0 Å². The number of carbonyl (C=O) groups is 2. The number of fused-ring (bicyclic) bond motifs is 1. The Balaban J connectivity index is 1.46. The van der Waals surface area contributed by atoms with Gasteiger partial charge in [0, 0.05) is 37.0 Å². The molecule has 0 aromatic heterocycles. The zero-order chi connectivity index (χ0) is 24.2. The van der Waals surface area contributed by atoms with Crippen molar-refractivity contribution in [1.82, 2.24) is 16.1 Å². The molecule has 1 aliphatic carbocycles. The monoisotopic (exact) mass is 468 g/mol. The third kappa shape index (κ3) is 5.13. The van der Waals surface area contributed by atoms with E-state index in [2.05, 4.69) is 16.1 Å². The van der Waals surface area contributed by atoms with Gasteiger partial charge >= 0.3 is 6.09 Å². The summed E-state index contributed by atoms with van der Waals surface area (Å²) in [7, 11) is 0. The first-order valence-electron chi connectivity index (χ1n) is 11.1. The number of carbonyl (C=O) groups excluding carboxylic acids is 2. The SMILES string of the molecule is CC(=O)NC[C@H]1CN(c2ccc(-c3ccc4c(c3)CCC4NC/C(N)=C/NN)c(F)c2)C(=O)O1. The molecule has 4 rings (SSSR count). The minimum absolute atomic E-state index is 0.174. The third-order valence-corrected chi connectivity index (χ3v) is 6.07. The summed E-state index contributed by atoms with van der Waals surface area (Å²) in [5.74, 6) is 4.63. The number of nitrogens with two attached hydrogens (primary N) is 2. The molecular formula is C24H29FN6O3. The van der Waals surface area contributed by atoms with Crippen LogP contribution >= 0.6 is 0 Å². The minimum Gasteiger partial charge on any atom is -0.442 e. The number of cyclic esters (lactones) is 1. The Hall–Kier alpha value is -3.63. The second-order valence-electron chi connectivity index (χ2n) is 8.49. The maximum atomic E-state index is 15.1. The normalized spacial score (nSPS) is 19.7. The molecule has 0 spiro atoms. The van der Waals surface area contributed by atoms with Crippen LogP contribution in [0.5, 0.6) is 0 Å². The molecule has 1 heterocycles. The van der Waals surface area contributed by atoms with Gasteiger partial charge in [0.25, 0.3) is 0 Å². The van der Waals surface area contributed by atoms with Crippen LogP contribution < -0.4 is 32.5 Å². The molecule has 2 atom stereocenters. The van der Waals surface area contributed by atoms with E-state index in [1.807, 2.05) is 18.2 Å². The van der Waals surface area contributed by atoms with Crippen LogP contribution in [-0.4, -0.2) is 37.7 Å². The fraction of sp³-hybridized carbons (Fsp3) is 0.333. The average Bonchev–Trinajstić information content (AvgIpc) is 3.39. The highest BCUT2D eigenvalue weighted by atomic mass is 19.1. The molecule has 180 valence electrons. The molecule has 1 unspecified atom stereocenters. The van der Waals surface area contributed by atoms with Gasteiger partial charge in [-0.1, -0.05) is 18.2 Å². The highest BCUT2D eigenvalue weighted by Gasteiger charge is 2.33. The lowest BCUT2D eigenvalue weighted by Crippen LogP contribution is -2.33. The molecule has 9 nitrogen and oxygen atoms in total. The standard InChI is InChI=1S/C24H29FN6O3/c1-14(32)28-12-19-13-31(24(33)34-19)18-4-6-20(22(25)9-18)15-2-5-21-16(8-15)3-7-23(21)29-10-17(26)11-30-27/h2,4-6,8-9,11,19,23,29-30H,3,7,10,12-13,26-27H2,1H3,(H,28,32)/b17-11-/t19-,23?/m0/s1. The van der Waals surface area contributed by atoms with Gasteiger partial charge in [-0.2, -0.15) is 0 Å². The van der Waals surface area contributed by atoms with Gasteiger partial charge in [-0.15, -0.1) is 0 Å². The van der Waals surface area contributed by atoms with Crippen LogP contribution in [0, 0.1) is 5.82 Å². The average molecular weight is 469 g/mol. The van der Waals surface area contributed by atoms with Crippen LogP contribution in [0.3, 0.4) is 0 Å². The van der Waals surface area contributed by atoms with Crippen LogP contribution in [0.15, 0.2) is 48.3 Å². The van der Waals surface area contributed by atoms with Crippen molar-refractivity contribution in [1.29, 1.82) is 0 Å². The molecule has 0 bridgehead atoms. The Morgan fingerprint density at radius 1 is 1.29 bits per heavy atom. The number of nitrogens with one attached hydrogen (secondary N) is 3. The molecule has 1 saturated heterocycles. The van der Waals surface area contributed by atoms with Crippen molar-refractivity contribution < 1.29 is 18.7 Å². The van der Waals surface area contributed by atoms with E-state index in [1.54, 1.807) is 18.3 Å². The van der Waals surface area contributed by atoms with Crippen LogP contribution in [-0.2, 0) is 16.0 Å². The number of benzene rings is 2. The fourth-order valence-electron chi connectivity index (χ4n) is 4.40. The molecule has 2 aromatic rings. The summed E-state index contributed by atoms with van der Waals surface area (Å²) < 4.78 is 20.4. The van der Waals surface area contributed by atoms with E-state index >= 15 is 4.39 Å². The van der Waals surface area contributed by atoms with E-state index in [-0.39, 0.29) is 25.0 Å². The smallest absolute Gasteiger partial charge is 0.414 e. The highest BCUT2D eigenvalue weighted by Crippen LogP contribution is 2.36. The zero-order valence-electron chi connectivity index (χ0n) is 18.9. The van der Waals surface area contributed by atoms with E-state index in [0.29, 0.717) is 23.5 Å². The van der Waals surface area contributed by atoms with Gasteiger partial charge in [0.1, 0.15) is 11.9 Å². The molecule has 2 amide bonds. The van der Waals surface area contributed by atoms with Crippen molar-refractivity contribution in [2.24, 2.45) is 11.6 Å². The summed E-state index contributed by atoms with van der Waals surface area (Å²) >= 11 is 0. The summed E-state index contributed by atoms with van der Waals surface area (Å²) in [6.07, 6.45) is 2.32. The number of ether oxygens (including phenoxy) is 1. The van der Waals surface area contributed by atoms with Gasteiger partial charge in [0.05, 0.1) is 18.8 Å².